The second-order valence-corrected chi connectivity index (χ2v) is 7.85. The maximum Gasteiger partial charge on any atom is 0.276 e. The van der Waals surface area contributed by atoms with Crippen LogP contribution in [0.4, 0.5) is 0 Å². The van der Waals surface area contributed by atoms with Crippen molar-refractivity contribution < 1.29 is 14.3 Å². The number of carbonyl (C=O) groups excluding carboxylic acids is 1. The molecule has 0 bridgehead atoms. The number of hydrazone groups is 1. The molecule has 7 nitrogen and oxygen atoms in total. The van der Waals surface area contributed by atoms with Crippen LogP contribution in [0.5, 0.6) is 11.5 Å². The van der Waals surface area contributed by atoms with Crippen LogP contribution >= 0.6 is 11.8 Å². The van der Waals surface area contributed by atoms with Crippen LogP contribution in [0.3, 0.4) is 0 Å². The van der Waals surface area contributed by atoms with Gasteiger partial charge in [0.1, 0.15) is 5.70 Å². The number of amidine groups is 1. The van der Waals surface area contributed by atoms with Gasteiger partial charge in [0, 0.05) is 16.5 Å². The van der Waals surface area contributed by atoms with Crippen LogP contribution in [0.15, 0.2) is 52.6 Å². The molecule has 0 fully saturated rings. The zero-order valence-electron chi connectivity index (χ0n) is 17.2. The van der Waals surface area contributed by atoms with Crippen LogP contribution in [0, 0.1) is 0 Å². The van der Waals surface area contributed by atoms with Gasteiger partial charge in [-0.2, -0.15) is 0 Å². The summed E-state index contributed by atoms with van der Waals surface area (Å²) in [5.74, 6) is 1.99. The molecule has 2 aromatic carbocycles. The molecule has 1 N–H and O–H groups in total. The summed E-state index contributed by atoms with van der Waals surface area (Å²) < 4.78 is 11.2. The lowest BCUT2D eigenvalue weighted by atomic mass is 10.1. The molecular weight excluding hydrogens is 400 g/mol. The number of carbonyl (C=O) groups is 1. The lowest BCUT2D eigenvalue weighted by molar-refractivity contribution is -0.116. The third-order valence-electron chi connectivity index (χ3n) is 4.74. The third-order valence-corrected chi connectivity index (χ3v) is 5.81. The Morgan fingerprint density at radius 3 is 2.77 bits per heavy atom. The number of amides is 1. The van der Waals surface area contributed by atoms with Crippen LogP contribution in [0.1, 0.15) is 32.0 Å². The van der Waals surface area contributed by atoms with Gasteiger partial charge in [-0.3, -0.25) is 15.1 Å². The van der Waals surface area contributed by atoms with Gasteiger partial charge in [-0.25, -0.2) is 5.01 Å². The minimum atomic E-state index is -0.484. The van der Waals surface area contributed by atoms with Crippen molar-refractivity contribution in [3.05, 3.63) is 58.6 Å². The largest absolute Gasteiger partial charge is 0.493 e. The molecule has 0 unspecified atom stereocenters. The lowest BCUT2D eigenvalue weighted by Crippen LogP contribution is -2.50. The Kier molecular flexibility index (Phi) is 5.94. The first-order valence-corrected chi connectivity index (χ1v) is 10.9. The SMILES string of the molecule is CCCSC1=NN2C(=c3ccccc3=N[C@@H]2c2ccc(OCC)c(OC)c2)C(=O)N1. The minimum Gasteiger partial charge on any atom is -0.493 e. The molecule has 8 heteroatoms. The number of nitrogens with one attached hydrogen (secondary N) is 1. The van der Waals surface area contributed by atoms with Crippen LogP contribution in [0.2, 0.25) is 0 Å². The summed E-state index contributed by atoms with van der Waals surface area (Å²) in [6.07, 6.45) is 0.505. The van der Waals surface area contributed by atoms with Crippen molar-refractivity contribution in [2.45, 2.75) is 26.4 Å². The summed E-state index contributed by atoms with van der Waals surface area (Å²) >= 11 is 1.53. The molecule has 1 amide bonds. The van der Waals surface area contributed by atoms with E-state index < -0.39 is 6.17 Å². The molecule has 30 heavy (non-hydrogen) atoms. The van der Waals surface area contributed by atoms with Crippen molar-refractivity contribution in [2.24, 2.45) is 10.1 Å². The fourth-order valence-electron chi connectivity index (χ4n) is 3.43. The number of hydrogen-bond acceptors (Lipinski definition) is 7. The summed E-state index contributed by atoms with van der Waals surface area (Å²) in [6.45, 7) is 4.57. The Morgan fingerprint density at radius 2 is 2.00 bits per heavy atom. The lowest BCUT2D eigenvalue weighted by Gasteiger charge is -2.34. The van der Waals surface area contributed by atoms with Gasteiger partial charge in [0.05, 0.1) is 19.1 Å². The van der Waals surface area contributed by atoms with E-state index >= 15 is 0 Å². The molecule has 2 heterocycles. The number of benzene rings is 2. The fourth-order valence-corrected chi connectivity index (χ4v) is 4.14. The number of para-hydroxylation sites is 1. The molecule has 2 aliphatic rings. The molecule has 0 aliphatic carbocycles. The van der Waals surface area contributed by atoms with E-state index in [1.165, 1.54) is 11.8 Å². The molecule has 4 rings (SSSR count). The number of thioether (sulfide) groups is 1. The Balaban J connectivity index is 1.86. The quantitative estimate of drug-likeness (QED) is 0.771. The van der Waals surface area contributed by atoms with Gasteiger partial charge in [0.25, 0.3) is 5.91 Å². The Morgan fingerprint density at radius 1 is 1.17 bits per heavy atom. The van der Waals surface area contributed by atoms with E-state index in [2.05, 4.69) is 12.2 Å². The molecule has 1 atom stereocenters. The van der Waals surface area contributed by atoms with Gasteiger partial charge in [-0.1, -0.05) is 43.0 Å². The maximum atomic E-state index is 13.0. The van der Waals surface area contributed by atoms with E-state index in [1.807, 2.05) is 49.4 Å². The molecule has 0 saturated heterocycles. The van der Waals surface area contributed by atoms with Gasteiger partial charge in [0.15, 0.2) is 22.8 Å². The van der Waals surface area contributed by atoms with Crippen molar-refractivity contribution in [2.75, 3.05) is 19.5 Å². The first-order valence-electron chi connectivity index (χ1n) is 9.96. The van der Waals surface area contributed by atoms with Crippen molar-refractivity contribution in [1.29, 1.82) is 0 Å². The molecule has 0 spiro atoms. The van der Waals surface area contributed by atoms with Gasteiger partial charge in [0.2, 0.25) is 0 Å². The molecule has 2 aromatic rings. The summed E-state index contributed by atoms with van der Waals surface area (Å²) in [7, 11) is 1.61. The standard InChI is InChI=1S/C22H24N4O3S/c1-4-12-30-22-24-21(27)19-15-8-6-7-9-16(15)23-20(26(19)25-22)14-10-11-17(29-5-2)18(13-14)28-3/h6-11,13,20H,4-5,12H2,1-3H3,(H,24,25,27)/t20-/m0/s1. The van der Waals surface area contributed by atoms with E-state index in [1.54, 1.807) is 12.1 Å². The zero-order chi connectivity index (χ0) is 21.1. The topological polar surface area (TPSA) is 75.5 Å². The normalized spacial score (nSPS) is 17.4. The highest BCUT2D eigenvalue weighted by Gasteiger charge is 2.34. The number of rotatable bonds is 6. The van der Waals surface area contributed by atoms with E-state index in [0.29, 0.717) is 29.0 Å². The van der Waals surface area contributed by atoms with E-state index in [9.17, 15) is 4.79 Å². The number of methoxy groups -OCH3 is 1. The van der Waals surface area contributed by atoms with Gasteiger partial charge in [-0.05, 0) is 31.5 Å². The molecule has 0 saturated carbocycles. The van der Waals surface area contributed by atoms with Crippen LogP contribution in [-0.2, 0) is 4.79 Å². The van der Waals surface area contributed by atoms with Crippen LogP contribution in [0.25, 0.3) is 5.70 Å². The smallest absolute Gasteiger partial charge is 0.276 e. The summed E-state index contributed by atoms with van der Waals surface area (Å²) in [4.78, 5) is 17.9. The summed E-state index contributed by atoms with van der Waals surface area (Å²) in [5, 5.41) is 11.5. The predicted molar refractivity (Wildman–Crippen MR) is 118 cm³/mol. The van der Waals surface area contributed by atoms with Crippen molar-refractivity contribution in [1.82, 2.24) is 10.3 Å². The van der Waals surface area contributed by atoms with Gasteiger partial charge >= 0.3 is 0 Å². The van der Waals surface area contributed by atoms with Gasteiger partial charge < -0.3 is 9.47 Å². The maximum absolute atomic E-state index is 13.0. The Labute approximate surface area is 179 Å². The third kappa shape index (κ3) is 3.75. The predicted octanol–water partition coefficient (Wildman–Crippen LogP) is 2.38. The van der Waals surface area contributed by atoms with Crippen molar-refractivity contribution >= 4 is 28.5 Å². The average Bonchev–Trinajstić information content (AvgIpc) is 2.77. The molecule has 2 aliphatic heterocycles. The monoisotopic (exact) mass is 424 g/mol. The molecule has 156 valence electrons. The second-order valence-electron chi connectivity index (χ2n) is 6.76. The number of hydrogen-bond donors (Lipinski definition) is 1. The number of fused-ring (bicyclic) bond motifs is 2. The summed E-state index contributed by atoms with van der Waals surface area (Å²) in [6, 6.07) is 13.3. The Bertz CT molecular complexity index is 1120. The first kappa shape index (κ1) is 20.3. The fraction of sp³-hybridized carbons (Fsp3) is 0.318. The molecular formula is C22H24N4O3S. The highest BCUT2D eigenvalue weighted by Crippen LogP contribution is 2.36. The average molecular weight is 425 g/mol. The van der Waals surface area contributed by atoms with E-state index in [-0.39, 0.29) is 5.91 Å². The zero-order valence-corrected chi connectivity index (χ0v) is 18.0. The number of nitrogens with zero attached hydrogens (tertiary/aromatic N) is 3. The Hall–Kier alpha value is -3.00. The van der Waals surface area contributed by atoms with E-state index in [0.717, 1.165) is 28.3 Å². The molecule has 0 aromatic heterocycles. The second kappa shape index (κ2) is 8.79. The van der Waals surface area contributed by atoms with Crippen molar-refractivity contribution in [3.63, 3.8) is 0 Å². The summed E-state index contributed by atoms with van der Waals surface area (Å²) in [5.41, 5.74) is 1.36. The minimum absolute atomic E-state index is 0.172. The van der Waals surface area contributed by atoms with Crippen LogP contribution < -0.4 is 25.4 Å². The highest BCUT2D eigenvalue weighted by atomic mass is 32.2. The van der Waals surface area contributed by atoms with Crippen LogP contribution in [-0.4, -0.2) is 35.6 Å². The first-order chi connectivity index (χ1) is 14.7. The van der Waals surface area contributed by atoms with E-state index in [4.69, 9.17) is 19.6 Å². The number of ether oxygens (including phenoxy) is 2. The highest BCUT2D eigenvalue weighted by molar-refractivity contribution is 8.13. The van der Waals surface area contributed by atoms with Gasteiger partial charge in [-0.15, -0.1) is 5.10 Å². The van der Waals surface area contributed by atoms with Crippen molar-refractivity contribution in [3.8, 4) is 11.5 Å². The molecule has 0 radical (unpaired) electrons.